The second-order valence-corrected chi connectivity index (χ2v) is 9.93. The maximum absolute atomic E-state index is 12.4. The number of carbonyl (C=O) groups is 4. The Morgan fingerprint density at radius 2 is 2.03 bits per heavy atom. The minimum absolute atomic E-state index is 0.0653. The van der Waals surface area contributed by atoms with Crippen LogP contribution in [0.1, 0.15) is 54.6 Å². The van der Waals surface area contributed by atoms with Crippen molar-refractivity contribution >= 4 is 41.4 Å². The van der Waals surface area contributed by atoms with Crippen LogP contribution in [-0.2, 0) is 14.3 Å². The highest BCUT2D eigenvalue weighted by atomic mass is 32.1. The van der Waals surface area contributed by atoms with Gasteiger partial charge in [0.15, 0.2) is 0 Å². The van der Waals surface area contributed by atoms with Crippen LogP contribution in [-0.4, -0.2) is 66.2 Å². The molecular weight excluding hydrogens is 434 g/mol. The first kappa shape index (κ1) is 23.6. The average molecular weight is 462 g/mol. The molecule has 2 fully saturated rings. The molecule has 0 bridgehead atoms. The van der Waals surface area contributed by atoms with Crippen LogP contribution < -0.4 is 10.2 Å². The van der Waals surface area contributed by atoms with E-state index in [0.29, 0.717) is 49.5 Å². The molecule has 2 aliphatic rings. The minimum Gasteiger partial charge on any atom is -0.477 e. The summed E-state index contributed by atoms with van der Waals surface area (Å²) in [6.45, 7) is 6.94. The molecule has 2 aliphatic heterocycles. The molecule has 0 spiro atoms. The van der Waals surface area contributed by atoms with Crippen molar-refractivity contribution in [3.63, 3.8) is 0 Å². The van der Waals surface area contributed by atoms with E-state index in [1.54, 1.807) is 11.0 Å². The molecule has 2 N–H and O–H groups in total. The predicted octanol–water partition coefficient (Wildman–Crippen LogP) is 2.30. The van der Waals surface area contributed by atoms with Gasteiger partial charge < -0.3 is 25.0 Å². The predicted molar refractivity (Wildman–Crippen MR) is 119 cm³/mol. The molecule has 10 heteroatoms. The standard InChI is InChI=1S/C22H27N3O6S/c1-22(2,3)7-4-16-11-17(19(32-16)20(28)29)25(13-26)14-5-8-24(9-6-14)21(30)31-15-10-18(27)23-12-15/h11,13-15H,5-6,8-10,12H2,1-3H3,(H,23,27)(H,28,29)/t15-/m0/s1. The van der Waals surface area contributed by atoms with E-state index >= 15 is 0 Å². The number of carbonyl (C=O) groups excluding carboxylic acids is 3. The molecule has 0 saturated carbocycles. The summed E-state index contributed by atoms with van der Waals surface area (Å²) < 4.78 is 5.37. The van der Waals surface area contributed by atoms with E-state index in [-0.39, 0.29) is 28.7 Å². The van der Waals surface area contributed by atoms with Crippen LogP contribution in [0.5, 0.6) is 0 Å². The molecule has 0 unspecified atom stereocenters. The van der Waals surface area contributed by atoms with Crippen LogP contribution >= 0.6 is 11.3 Å². The number of piperidine rings is 1. The number of aromatic carboxylic acids is 1. The third kappa shape index (κ3) is 5.79. The van der Waals surface area contributed by atoms with Gasteiger partial charge in [0.25, 0.3) is 0 Å². The molecule has 0 aliphatic carbocycles. The molecule has 9 nitrogen and oxygen atoms in total. The normalized spacial score (nSPS) is 19.0. The SMILES string of the molecule is CC(C)(C)C#Cc1cc(N(C=O)C2CCN(C(=O)O[C@@H]3CNC(=O)C3)CC2)c(C(=O)O)s1. The summed E-state index contributed by atoms with van der Waals surface area (Å²) >= 11 is 1.05. The number of likely N-dealkylation sites (tertiary alicyclic amines) is 1. The number of anilines is 1. The number of thiophene rings is 1. The lowest BCUT2D eigenvalue weighted by molar-refractivity contribution is -0.119. The van der Waals surface area contributed by atoms with Gasteiger partial charge in [-0.25, -0.2) is 9.59 Å². The maximum Gasteiger partial charge on any atom is 0.410 e. The molecule has 1 aromatic heterocycles. The first-order valence-corrected chi connectivity index (χ1v) is 11.2. The van der Waals surface area contributed by atoms with Crippen molar-refractivity contribution in [2.45, 2.75) is 52.2 Å². The average Bonchev–Trinajstić information content (AvgIpc) is 3.33. The highest BCUT2D eigenvalue weighted by Crippen LogP contribution is 2.33. The van der Waals surface area contributed by atoms with Crippen molar-refractivity contribution < 1.29 is 29.0 Å². The number of hydrogen-bond donors (Lipinski definition) is 2. The van der Waals surface area contributed by atoms with Gasteiger partial charge in [-0.2, -0.15) is 0 Å². The zero-order chi connectivity index (χ0) is 23.5. The van der Waals surface area contributed by atoms with Gasteiger partial charge >= 0.3 is 12.1 Å². The van der Waals surface area contributed by atoms with Gasteiger partial charge in [-0.3, -0.25) is 9.59 Å². The Morgan fingerprint density at radius 1 is 1.34 bits per heavy atom. The number of carboxylic acid groups (broad SMARTS) is 1. The zero-order valence-electron chi connectivity index (χ0n) is 18.3. The Bertz CT molecular complexity index is 963. The summed E-state index contributed by atoms with van der Waals surface area (Å²) in [5.41, 5.74) is 0.0912. The minimum atomic E-state index is -1.11. The van der Waals surface area contributed by atoms with Gasteiger partial charge in [0.05, 0.1) is 23.5 Å². The lowest BCUT2D eigenvalue weighted by Gasteiger charge is -2.36. The van der Waals surface area contributed by atoms with Gasteiger partial charge in [-0.15, -0.1) is 11.3 Å². The van der Waals surface area contributed by atoms with Crippen molar-refractivity contribution in [1.82, 2.24) is 10.2 Å². The van der Waals surface area contributed by atoms with E-state index in [1.807, 2.05) is 20.8 Å². The number of rotatable bonds is 5. The fourth-order valence-corrected chi connectivity index (χ4v) is 4.43. The Kier molecular flexibility index (Phi) is 7.09. The van der Waals surface area contributed by atoms with E-state index in [1.165, 1.54) is 4.90 Å². The fourth-order valence-electron chi connectivity index (χ4n) is 3.58. The summed E-state index contributed by atoms with van der Waals surface area (Å²) in [6.07, 6.45) is 0.822. The lowest BCUT2D eigenvalue weighted by Crippen LogP contribution is -2.47. The smallest absolute Gasteiger partial charge is 0.410 e. The second kappa shape index (κ2) is 9.61. The number of nitrogens with one attached hydrogen (secondary N) is 1. The highest BCUT2D eigenvalue weighted by Gasteiger charge is 2.33. The van der Waals surface area contributed by atoms with Crippen molar-refractivity contribution in [2.75, 3.05) is 24.5 Å². The van der Waals surface area contributed by atoms with E-state index in [0.717, 1.165) is 11.3 Å². The first-order chi connectivity index (χ1) is 15.1. The molecule has 1 atom stereocenters. The molecule has 32 heavy (non-hydrogen) atoms. The van der Waals surface area contributed by atoms with Crippen LogP contribution in [0.3, 0.4) is 0 Å². The van der Waals surface area contributed by atoms with Crippen LogP contribution in [0.15, 0.2) is 6.07 Å². The number of ether oxygens (including phenoxy) is 1. The largest absolute Gasteiger partial charge is 0.477 e. The number of hydrogen-bond acceptors (Lipinski definition) is 6. The van der Waals surface area contributed by atoms with E-state index < -0.39 is 18.2 Å². The van der Waals surface area contributed by atoms with E-state index in [4.69, 9.17) is 4.74 Å². The van der Waals surface area contributed by atoms with Crippen LogP contribution in [0, 0.1) is 17.3 Å². The van der Waals surface area contributed by atoms with Gasteiger partial charge in [-0.05, 0) is 39.7 Å². The molecule has 0 aromatic carbocycles. The topological polar surface area (TPSA) is 116 Å². The van der Waals surface area contributed by atoms with Crippen LogP contribution in [0.2, 0.25) is 0 Å². The molecule has 2 saturated heterocycles. The Hall–Kier alpha value is -3.06. The first-order valence-electron chi connectivity index (χ1n) is 10.4. The van der Waals surface area contributed by atoms with E-state index in [2.05, 4.69) is 17.2 Å². The fraction of sp³-hybridized carbons (Fsp3) is 0.545. The number of nitrogens with zero attached hydrogens (tertiary/aromatic N) is 2. The molecule has 3 amide bonds. The third-order valence-electron chi connectivity index (χ3n) is 5.18. The van der Waals surface area contributed by atoms with E-state index in [9.17, 15) is 24.3 Å². The third-order valence-corrected chi connectivity index (χ3v) is 6.21. The summed E-state index contributed by atoms with van der Waals surface area (Å²) in [4.78, 5) is 51.0. The Morgan fingerprint density at radius 3 is 2.56 bits per heavy atom. The highest BCUT2D eigenvalue weighted by molar-refractivity contribution is 7.15. The maximum atomic E-state index is 12.4. The number of carboxylic acids is 1. The van der Waals surface area contributed by atoms with Crippen LogP contribution in [0.25, 0.3) is 0 Å². The summed E-state index contributed by atoms with van der Waals surface area (Å²) in [7, 11) is 0. The van der Waals surface area contributed by atoms with Crippen molar-refractivity contribution in [2.24, 2.45) is 5.41 Å². The number of amides is 3. The summed E-state index contributed by atoms with van der Waals surface area (Å²) in [5.74, 6) is 4.84. The molecule has 172 valence electrons. The molecule has 1 aromatic rings. The Labute approximate surface area is 190 Å². The summed E-state index contributed by atoms with van der Waals surface area (Å²) in [6, 6.07) is 1.40. The van der Waals surface area contributed by atoms with Crippen LogP contribution in [0.4, 0.5) is 10.5 Å². The van der Waals surface area contributed by atoms with Crippen molar-refractivity contribution in [3.05, 3.63) is 15.8 Å². The van der Waals surface area contributed by atoms with Gasteiger partial charge in [0.2, 0.25) is 12.3 Å². The quantitative estimate of drug-likeness (QED) is 0.513. The van der Waals surface area contributed by atoms with Crippen molar-refractivity contribution in [3.8, 4) is 11.8 Å². The monoisotopic (exact) mass is 461 g/mol. The second-order valence-electron chi connectivity index (χ2n) is 8.88. The zero-order valence-corrected chi connectivity index (χ0v) is 19.2. The van der Waals surface area contributed by atoms with Gasteiger partial charge in [-0.1, -0.05) is 11.8 Å². The Balaban J connectivity index is 1.68. The lowest BCUT2D eigenvalue weighted by atomic mass is 9.98. The van der Waals surface area contributed by atoms with Crippen molar-refractivity contribution in [1.29, 1.82) is 0 Å². The molecular formula is C22H27N3O6S. The van der Waals surface area contributed by atoms with Gasteiger partial charge in [0.1, 0.15) is 11.0 Å². The molecule has 3 heterocycles. The molecule has 0 radical (unpaired) electrons. The molecule has 3 rings (SSSR count). The van der Waals surface area contributed by atoms with Gasteiger partial charge in [0, 0.05) is 24.5 Å². The summed E-state index contributed by atoms with van der Waals surface area (Å²) in [5, 5.41) is 12.3.